The summed E-state index contributed by atoms with van der Waals surface area (Å²) >= 11 is 0. The first-order chi connectivity index (χ1) is 12.7. The highest BCUT2D eigenvalue weighted by Gasteiger charge is 2.29. The Kier molecular flexibility index (Phi) is 4.80. The van der Waals surface area contributed by atoms with Crippen molar-refractivity contribution in [3.8, 4) is 0 Å². The van der Waals surface area contributed by atoms with Crippen LogP contribution in [-0.2, 0) is 11.3 Å². The predicted molar refractivity (Wildman–Crippen MR) is 101 cm³/mol. The summed E-state index contributed by atoms with van der Waals surface area (Å²) in [6.45, 7) is 3.33. The number of amides is 1. The molecule has 4 nitrogen and oxygen atoms in total. The Hall–Kier alpha value is -2.53. The lowest BCUT2D eigenvalue weighted by atomic mass is 10.0. The number of hydrogen-bond acceptors (Lipinski definition) is 3. The number of fused-ring (bicyclic) bond motifs is 1. The average molecular weight is 351 g/mol. The second-order valence-electron chi connectivity index (χ2n) is 6.98. The lowest BCUT2D eigenvalue weighted by molar-refractivity contribution is -0.115. The number of anilines is 1. The van der Waals surface area contributed by atoms with Crippen molar-refractivity contribution in [3.05, 3.63) is 59.4 Å². The van der Waals surface area contributed by atoms with Crippen LogP contribution in [0.4, 0.5) is 15.8 Å². The SMILES string of the molecule is O=C1Nc2cc(F)ccc2C1C=Nc1ccc(CN2CCCCC2)cc1. The maximum absolute atomic E-state index is 13.3. The quantitative estimate of drug-likeness (QED) is 0.837. The van der Waals surface area contributed by atoms with E-state index in [2.05, 4.69) is 27.3 Å². The van der Waals surface area contributed by atoms with Crippen LogP contribution in [0.15, 0.2) is 47.5 Å². The van der Waals surface area contributed by atoms with E-state index in [0.29, 0.717) is 5.69 Å². The van der Waals surface area contributed by atoms with E-state index in [9.17, 15) is 9.18 Å². The highest BCUT2D eigenvalue weighted by Crippen LogP contribution is 2.32. The fourth-order valence-corrected chi connectivity index (χ4v) is 3.63. The third-order valence-corrected chi connectivity index (χ3v) is 5.05. The molecule has 1 atom stereocenters. The van der Waals surface area contributed by atoms with Crippen LogP contribution >= 0.6 is 0 Å². The van der Waals surface area contributed by atoms with Gasteiger partial charge in [-0.05, 0) is 61.3 Å². The van der Waals surface area contributed by atoms with Gasteiger partial charge >= 0.3 is 0 Å². The number of carbonyl (C=O) groups is 1. The van der Waals surface area contributed by atoms with Gasteiger partial charge in [-0.25, -0.2) is 4.39 Å². The smallest absolute Gasteiger partial charge is 0.237 e. The molecule has 2 aliphatic heterocycles. The van der Waals surface area contributed by atoms with Gasteiger partial charge in [0, 0.05) is 18.4 Å². The Balaban J connectivity index is 1.43. The molecule has 1 fully saturated rings. The van der Waals surface area contributed by atoms with Gasteiger partial charge in [0.25, 0.3) is 0 Å². The summed E-state index contributed by atoms with van der Waals surface area (Å²) in [5.74, 6) is -0.999. The molecule has 0 aliphatic carbocycles. The van der Waals surface area contributed by atoms with Gasteiger partial charge in [-0.15, -0.1) is 0 Å². The number of nitrogens with one attached hydrogen (secondary N) is 1. The number of rotatable bonds is 4. The van der Waals surface area contributed by atoms with E-state index in [-0.39, 0.29) is 11.7 Å². The molecular weight excluding hydrogens is 329 g/mol. The van der Waals surface area contributed by atoms with Crippen molar-refractivity contribution >= 4 is 23.5 Å². The zero-order valence-electron chi connectivity index (χ0n) is 14.6. The van der Waals surface area contributed by atoms with Gasteiger partial charge in [-0.2, -0.15) is 0 Å². The summed E-state index contributed by atoms with van der Waals surface area (Å²) in [5, 5.41) is 2.70. The minimum Gasteiger partial charge on any atom is -0.325 e. The normalized spacial score (nSPS) is 20.3. The molecule has 2 aromatic carbocycles. The first-order valence-electron chi connectivity index (χ1n) is 9.15. The summed E-state index contributed by atoms with van der Waals surface area (Å²) in [6.07, 6.45) is 5.56. The maximum atomic E-state index is 13.3. The second-order valence-corrected chi connectivity index (χ2v) is 6.98. The van der Waals surface area contributed by atoms with Crippen LogP contribution in [0.1, 0.15) is 36.3 Å². The molecule has 5 heteroatoms. The fourth-order valence-electron chi connectivity index (χ4n) is 3.63. The van der Waals surface area contributed by atoms with E-state index in [4.69, 9.17) is 0 Å². The van der Waals surface area contributed by atoms with Gasteiger partial charge in [-0.3, -0.25) is 14.7 Å². The molecule has 1 saturated heterocycles. The monoisotopic (exact) mass is 351 g/mol. The third kappa shape index (κ3) is 3.68. The highest BCUT2D eigenvalue weighted by molar-refractivity contribution is 6.12. The van der Waals surface area contributed by atoms with Gasteiger partial charge in [-0.1, -0.05) is 24.6 Å². The average Bonchev–Trinajstić information content (AvgIpc) is 2.96. The summed E-state index contributed by atoms with van der Waals surface area (Å²) in [7, 11) is 0. The number of nitrogens with zero attached hydrogens (tertiary/aromatic N) is 2. The first kappa shape index (κ1) is 16.9. The zero-order chi connectivity index (χ0) is 17.9. The Morgan fingerprint density at radius 3 is 2.65 bits per heavy atom. The van der Waals surface area contributed by atoms with Gasteiger partial charge < -0.3 is 5.32 Å². The van der Waals surface area contributed by atoms with Crippen LogP contribution in [0.5, 0.6) is 0 Å². The predicted octanol–water partition coefficient (Wildman–Crippen LogP) is 4.25. The number of carbonyl (C=O) groups excluding carboxylic acids is 1. The molecule has 1 amide bonds. The van der Waals surface area contributed by atoms with E-state index < -0.39 is 5.92 Å². The largest absolute Gasteiger partial charge is 0.325 e. The van der Waals surface area contributed by atoms with Gasteiger partial charge in [0.1, 0.15) is 11.7 Å². The van der Waals surface area contributed by atoms with Crippen LogP contribution in [0.2, 0.25) is 0 Å². The van der Waals surface area contributed by atoms with Crippen molar-refractivity contribution in [2.24, 2.45) is 4.99 Å². The van der Waals surface area contributed by atoms with E-state index in [0.717, 1.165) is 17.8 Å². The second kappa shape index (κ2) is 7.38. The Morgan fingerprint density at radius 2 is 1.88 bits per heavy atom. The summed E-state index contributed by atoms with van der Waals surface area (Å²) in [4.78, 5) is 19.1. The van der Waals surface area contributed by atoms with Crippen LogP contribution in [-0.4, -0.2) is 30.1 Å². The fraction of sp³-hybridized carbons (Fsp3) is 0.333. The number of halogens is 1. The zero-order valence-corrected chi connectivity index (χ0v) is 14.6. The maximum Gasteiger partial charge on any atom is 0.237 e. The molecule has 2 heterocycles. The van der Waals surface area contributed by atoms with Gasteiger partial charge in [0.05, 0.1) is 5.69 Å². The molecule has 2 aliphatic rings. The number of piperidine rings is 1. The molecule has 2 aromatic rings. The van der Waals surface area contributed by atoms with Crippen LogP contribution in [0.25, 0.3) is 0 Å². The lowest BCUT2D eigenvalue weighted by Gasteiger charge is -2.26. The molecule has 26 heavy (non-hydrogen) atoms. The lowest BCUT2D eigenvalue weighted by Crippen LogP contribution is -2.28. The Morgan fingerprint density at radius 1 is 1.12 bits per heavy atom. The minimum atomic E-state index is -0.473. The Bertz CT molecular complexity index is 826. The van der Waals surface area contributed by atoms with E-state index in [1.807, 2.05) is 12.1 Å². The van der Waals surface area contributed by atoms with Crippen molar-refractivity contribution in [1.82, 2.24) is 4.90 Å². The van der Waals surface area contributed by atoms with Crippen molar-refractivity contribution in [3.63, 3.8) is 0 Å². The van der Waals surface area contributed by atoms with Crippen LogP contribution in [0, 0.1) is 5.82 Å². The number of benzene rings is 2. The van der Waals surface area contributed by atoms with E-state index >= 15 is 0 Å². The van der Waals surface area contributed by atoms with E-state index in [1.54, 1.807) is 12.3 Å². The molecule has 0 aromatic heterocycles. The van der Waals surface area contributed by atoms with Crippen LogP contribution < -0.4 is 5.32 Å². The standard InChI is InChI=1S/C21H22FN3O/c22-16-6-9-18-19(21(26)24-20(18)12-16)13-23-17-7-4-15(5-8-17)14-25-10-2-1-3-11-25/h4-9,12-13,19H,1-3,10-11,14H2,(H,24,26). The minimum absolute atomic E-state index is 0.170. The number of likely N-dealkylation sites (tertiary alicyclic amines) is 1. The molecule has 0 radical (unpaired) electrons. The molecular formula is C21H22FN3O. The Labute approximate surface area is 152 Å². The summed E-state index contributed by atoms with van der Waals surface area (Å²) in [5.41, 5.74) is 3.39. The van der Waals surface area contributed by atoms with Crippen molar-refractivity contribution < 1.29 is 9.18 Å². The van der Waals surface area contributed by atoms with Crippen molar-refractivity contribution in [1.29, 1.82) is 0 Å². The first-order valence-corrected chi connectivity index (χ1v) is 9.15. The van der Waals surface area contributed by atoms with Crippen molar-refractivity contribution in [2.75, 3.05) is 18.4 Å². The third-order valence-electron chi connectivity index (χ3n) is 5.05. The van der Waals surface area contributed by atoms with Crippen LogP contribution in [0.3, 0.4) is 0 Å². The van der Waals surface area contributed by atoms with Gasteiger partial charge in [0.15, 0.2) is 0 Å². The molecule has 0 spiro atoms. The summed E-state index contributed by atoms with van der Waals surface area (Å²) < 4.78 is 13.3. The molecule has 0 saturated carbocycles. The van der Waals surface area contributed by atoms with E-state index in [1.165, 1.54) is 50.0 Å². The number of aliphatic imine (C=N–C) groups is 1. The molecule has 0 bridgehead atoms. The summed E-state index contributed by atoms with van der Waals surface area (Å²) in [6, 6.07) is 12.5. The molecule has 1 unspecified atom stereocenters. The topological polar surface area (TPSA) is 44.7 Å². The van der Waals surface area contributed by atoms with Crippen molar-refractivity contribution in [2.45, 2.75) is 31.7 Å². The molecule has 4 rings (SSSR count). The molecule has 134 valence electrons. The number of hydrogen-bond donors (Lipinski definition) is 1. The molecule has 1 N–H and O–H groups in total. The highest BCUT2D eigenvalue weighted by atomic mass is 19.1. The van der Waals surface area contributed by atoms with Gasteiger partial charge in [0.2, 0.25) is 5.91 Å².